The molecule has 2 N–H and O–H groups in total. The van der Waals surface area contributed by atoms with Gasteiger partial charge in [-0.15, -0.1) is 0 Å². The van der Waals surface area contributed by atoms with Crippen molar-refractivity contribution in [2.24, 2.45) is 0 Å². The number of aryl methyl sites for hydroxylation is 1. The van der Waals surface area contributed by atoms with Crippen molar-refractivity contribution in [2.45, 2.75) is 39.0 Å². The van der Waals surface area contributed by atoms with Gasteiger partial charge in [0.1, 0.15) is 5.75 Å². The minimum absolute atomic E-state index is 0.0298. The molecule has 5 nitrogen and oxygen atoms in total. The highest BCUT2D eigenvalue weighted by molar-refractivity contribution is 6.05. The summed E-state index contributed by atoms with van der Waals surface area (Å²) in [4.78, 5) is 24.1. The summed E-state index contributed by atoms with van der Waals surface area (Å²) in [5, 5.41) is 5.78. The van der Waals surface area contributed by atoms with E-state index in [2.05, 4.69) is 17.6 Å². The quantitative estimate of drug-likeness (QED) is 0.758. The van der Waals surface area contributed by atoms with Gasteiger partial charge in [0.25, 0.3) is 5.91 Å². The van der Waals surface area contributed by atoms with Crippen molar-refractivity contribution in [3.05, 3.63) is 53.6 Å². The van der Waals surface area contributed by atoms with E-state index in [4.69, 9.17) is 4.74 Å². The predicted octanol–water partition coefficient (Wildman–Crippen LogP) is 4.39. The first-order chi connectivity index (χ1) is 12.7. The lowest BCUT2D eigenvalue weighted by Crippen LogP contribution is -2.13. The predicted molar refractivity (Wildman–Crippen MR) is 103 cm³/mol. The molecule has 0 atom stereocenters. The lowest BCUT2D eigenvalue weighted by molar-refractivity contribution is -0.116. The van der Waals surface area contributed by atoms with Gasteiger partial charge in [0.05, 0.1) is 6.61 Å². The maximum atomic E-state index is 12.5. The van der Waals surface area contributed by atoms with E-state index in [1.807, 2.05) is 30.3 Å². The summed E-state index contributed by atoms with van der Waals surface area (Å²) in [5.41, 5.74) is 3.12. The molecule has 0 bridgehead atoms. The maximum Gasteiger partial charge on any atom is 0.255 e. The van der Waals surface area contributed by atoms with Gasteiger partial charge in [0, 0.05) is 23.4 Å². The molecule has 1 aliphatic heterocycles. The average molecular weight is 352 g/mol. The van der Waals surface area contributed by atoms with E-state index in [1.54, 1.807) is 12.1 Å². The van der Waals surface area contributed by atoms with Gasteiger partial charge in [-0.25, -0.2) is 0 Å². The van der Waals surface area contributed by atoms with Crippen LogP contribution in [0.2, 0.25) is 0 Å². The van der Waals surface area contributed by atoms with Gasteiger partial charge in [0.15, 0.2) is 0 Å². The molecular formula is C21H24N2O3. The van der Waals surface area contributed by atoms with E-state index in [-0.39, 0.29) is 11.8 Å². The Morgan fingerprint density at radius 3 is 2.73 bits per heavy atom. The van der Waals surface area contributed by atoms with Crippen LogP contribution in [0.15, 0.2) is 42.5 Å². The van der Waals surface area contributed by atoms with Gasteiger partial charge < -0.3 is 15.4 Å². The Hall–Kier alpha value is -2.82. The largest absolute Gasteiger partial charge is 0.494 e. The van der Waals surface area contributed by atoms with Gasteiger partial charge >= 0.3 is 0 Å². The summed E-state index contributed by atoms with van der Waals surface area (Å²) in [6.07, 6.45) is 4.22. The molecular weight excluding hydrogens is 328 g/mol. The van der Waals surface area contributed by atoms with Crippen LogP contribution in [0.4, 0.5) is 11.4 Å². The molecule has 1 aliphatic rings. The number of anilines is 2. The highest BCUT2D eigenvalue weighted by Crippen LogP contribution is 2.24. The summed E-state index contributed by atoms with van der Waals surface area (Å²) in [6.45, 7) is 2.83. The third-order valence-corrected chi connectivity index (χ3v) is 4.37. The van der Waals surface area contributed by atoms with Crippen LogP contribution in [0.5, 0.6) is 5.75 Å². The number of amides is 2. The number of hydrogen-bond donors (Lipinski definition) is 2. The van der Waals surface area contributed by atoms with E-state index >= 15 is 0 Å². The highest BCUT2D eigenvalue weighted by Gasteiger charge is 2.15. The number of hydrogen-bond acceptors (Lipinski definition) is 3. The van der Waals surface area contributed by atoms with Crippen LogP contribution in [-0.4, -0.2) is 18.4 Å². The topological polar surface area (TPSA) is 67.4 Å². The van der Waals surface area contributed by atoms with Crippen molar-refractivity contribution in [1.82, 2.24) is 0 Å². The van der Waals surface area contributed by atoms with Crippen molar-refractivity contribution in [1.29, 1.82) is 0 Å². The zero-order valence-corrected chi connectivity index (χ0v) is 15.0. The molecule has 1 heterocycles. The van der Waals surface area contributed by atoms with E-state index in [0.717, 1.165) is 48.4 Å². The fourth-order valence-electron chi connectivity index (χ4n) is 2.89. The molecule has 0 radical (unpaired) electrons. The van der Waals surface area contributed by atoms with Gasteiger partial charge in [-0.2, -0.15) is 0 Å². The second-order valence-electron chi connectivity index (χ2n) is 6.45. The highest BCUT2D eigenvalue weighted by atomic mass is 16.5. The van der Waals surface area contributed by atoms with Crippen molar-refractivity contribution in [3.63, 3.8) is 0 Å². The number of fused-ring (bicyclic) bond motifs is 1. The third kappa shape index (κ3) is 4.63. The molecule has 0 spiro atoms. The zero-order chi connectivity index (χ0) is 18.4. The standard InChI is InChI=1S/C21H24N2O3/c1-2-3-13-26-18-10-8-17(9-11-18)22-21(25)16-7-12-19-15(14-16)5-4-6-20(24)23-19/h7-12,14H,2-6,13H2,1H3,(H,22,25)(H,23,24). The Morgan fingerprint density at radius 1 is 1.15 bits per heavy atom. The number of carbonyl (C=O) groups is 2. The maximum absolute atomic E-state index is 12.5. The van der Waals surface area contributed by atoms with Crippen molar-refractivity contribution in [2.75, 3.05) is 17.2 Å². The molecule has 0 fully saturated rings. The molecule has 26 heavy (non-hydrogen) atoms. The molecule has 3 rings (SSSR count). The zero-order valence-electron chi connectivity index (χ0n) is 15.0. The van der Waals surface area contributed by atoms with Crippen LogP contribution in [0.3, 0.4) is 0 Å². The van der Waals surface area contributed by atoms with Gasteiger partial charge in [0.2, 0.25) is 5.91 Å². The lowest BCUT2D eigenvalue weighted by atomic mass is 10.0. The number of carbonyl (C=O) groups excluding carboxylic acids is 2. The summed E-state index contributed by atoms with van der Waals surface area (Å²) in [6, 6.07) is 12.8. The first-order valence-electron chi connectivity index (χ1n) is 9.12. The Balaban J connectivity index is 1.64. The number of unbranched alkanes of at least 4 members (excludes halogenated alkanes) is 1. The Morgan fingerprint density at radius 2 is 1.96 bits per heavy atom. The van der Waals surface area contributed by atoms with Gasteiger partial charge in [-0.3, -0.25) is 9.59 Å². The minimum Gasteiger partial charge on any atom is -0.494 e. The molecule has 136 valence electrons. The van der Waals surface area contributed by atoms with Crippen LogP contribution in [0, 0.1) is 0 Å². The van der Waals surface area contributed by atoms with Gasteiger partial charge in [-0.1, -0.05) is 13.3 Å². The average Bonchev–Trinajstić information content (AvgIpc) is 2.83. The lowest BCUT2D eigenvalue weighted by Gasteiger charge is -2.11. The van der Waals surface area contributed by atoms with Crippen molar-refractivity contribution < 1.29 is 14.3 Å². The first kappa shape index (κ1) is 18.0. The monoisotopic (exact) mass is 352 g/mol. The molecule has 2 aromatic carbocycles. The van der Waals surface area contributed by atoms with Crippen molar-refractivity contribution >= 4 is 23.2 Å². The molecule has 0 aliphatic carbocycles. The minimum atomic E-state index is -0.164. The third-order valence-electron chi connectivity index (χ3n) is 4.37. The molecule has 0 saturated heterocycles. The molecule has 0 saturated carbocycles. The van der Waals surface area contributed by atoms with Crippen LogP contribution >= 0.6 is 0 Å². The van der Waals surface area contributed by atoms with E-state index < -0.39 is 0 Å². The second-order valence-corrected chi connectivity index (χ2v) is 6.45. The Bertz CT molecular complexity index is 784. The fraction of sp³-hybridized carbons (Fsp3) is 0.333. The van der Waals surface area contributed by atoms with Crippen LogP contribution in [-0.2, 0) is 11.2 Å². The molecule has 2 aromatic rings. The smallest absolute Gasteiger partial charge is 0.255 e. The number of nitrogens with one attached hydrogen (secondary N) is 2. The second kappa shape index (κ2) is 8.52. The summed E-state index contributed by atoms with van der Waals surface area (Å²) < 4.78 is 5.63. The molecule has 0 unspecified atom stereocenters. The van der Waals surface area contributed by atoms with E-state index in [1.165, 1.54) is 0 Å². The molecule has 5 heteroatoms. The summed E-state index contributed by atoms with van der Waals surface area (Å²) in [7, 11) is 0. The van der Waals surface area contributed by atoms with Crippen LogP contribution in [0.25, 0.3) is 0 Å². The van der Waals surface area contributed by atoms with E-state index in [9.17, 15) is 9.59 Å². The normalized spacial score (nSPS) is 13.3. The number of ether oxygens (including phenoxy) is 1. The summed E-state index contributed by atoms with van der Waals surface area (Å²) >= 11 is 0. The van der Waals surface area contributed by atoms with E-state index in [0.29, 0.717) is 18.6 Å². The molecule has 0 aromatic heterocycles. The van der Waals surface area contributed by atoms with Crippen LogP contribution in [0.1, 0.15) is 48.5 Å². The fourth-order valence-corrected chi connectivity index (χ4v) is 2.89. The number of rotatable bonds is 6. The van der Waals surface area contributed by atoms with Crippen LogP contribution < -0.4 is 15.4 Å². The number of benzene rings is 2. The van der Waals surface area contributed by atoms with Gasteiger partial charge in [-0.05, 0) is 67.3 Å². The Labute approximate surface area is 153 Å². The summed E-state index contributed by atoms with van der Waals surface area (Å²) in [5.74, 6) is 0.669. The van der Waals surface area contributed by atoms with Crippen molar-refractivity contribution in [3.8, 4) is 5.75 Å². The SMILES string of the molecule is CCCCOc1ccc(NC(=O)c2ccc3c(c2)CCCC(=O)N3)cc1. The Kier molecular flexibility index (Phi) is 5.89. The first-order valence-corrected chi connectivity index (χ1v) is 9.12. The molecule has 2 amide bonds.